The van der Waals surface area contributed by atoms with Gasteiger partial charge in [0.1, 0.15) is 0 Å². The summed E-state index contributed by atoms with van der Waals surface area (Å²) in [6, 6.07) is 8.70. The molecule has 1 aromatic rings. The van der Waals surface area contributed by atoms with E-state index >= 15 is 0 Å². The first kappa shape index (κ1) is 13.6. The first-order chi connectivity index (χ1) is 7.50. The number of benzene rings is 1. The van der Waals surface area contributed by atoms with E-state index in [-0.39, 0.29) is 6.04 Å². The summed E-state index contributed by atoms with van der Waals surface area (Å²) in [5.41, 5.74) is 8.79. The normalized spacial score (nSPS) is 15.1. The lowest BCUT2D eigenvalue weighted by Crippen LogP contribution is -2.21. The first-order valence-electron chi connectivity index (χ1n) is 5.94. The van der Waals surface area contributed by atoms with Gasteiger partial charge >= 0.3 is 0 Å². The molecule has 1 aromatic carbocycles. The average molecular weight is 237 g/mol. The molecule has 0 radical (unpaired) electrons. The van der Waals surface area contributed by atoms with Crippen LogP contribution in [0.1, 0.15) is 37.9 Å². The zero-order chi connectivity index (χ0) is 12.1. The van der Waals surface area contributed by atoms with E-state index in [0.717, 1.165) is 5.92 Å². The van der Waals surface area contributed by atoms with Crippen molar-refractivity contribution in [3.05, 3.63) is 35.4 Å². The summed E-state index contributed by atoms with van der Waals surface area (Å²) >= 11 is 1.97. The van der Waals surface area contributed by atoms with E-state index in [9.17, 15) is 0 Å². The summed E-state index contributed by atoms with van der Waals surface area (Å²) in [5, 5.41) is 0.477. The third kappa shape index (κ3) is 4.18. The average Bonchev–Trinajstić information content (AvgIpc) is 2.26. The Kier molecular flexibility index (Phi) is 5.36. The van der Waals surface area contributed by atoms with Gasteiger partial charge in [-0.3, -0.25) is 0 Å². The highest BCUT2D eigenvalue weighted by molar-refractivity contribution is 7.99. The zero-order valence-electron chi connectivity index (χ0n) is 10.7. The van der Waals surface area contributed by atoms with Crippen LogP contribution < -0.4 is 5.73 Å². The molecule has 0 fully saturated rings. The number of hydrogen-bond acceptors (Lipinski definition) is 2. The number of thioether (sulfide) groups is 1. The maximum Gasteiger partial charge on any atom is 0.0412 e. The second kappa shape index (κ2) is 6.31. The minimum atomic E-state index is 0.143. The highest BCUT2D eigenvalue weighted by Gasteiger charge is 2.15. The maximum atomic E-state index is 6.25. The smallest absolute Gasteiger partial charge is 0.0412 e. The highest BCUT2D eigenvalue weighted by atomic mass is 32.2. The summed E-state index contributed by atoms with van der Waals surface area (Å²) in [6.45, 7) is 8.82. The second-order valence-electron chi connectivity index (χ2n) is 4.87. The van der Waals surface area contributed by atoms with Crippen molar-refractivity contribution in [2.75, 3.05) is 5.75 Å². The first-order valence-corrected chi connectivity index (χ1v) is 6.99. The molecule has 0 heterocycles. The van der Waals surface area contributed by atoms with Gasteiger partial charge in [-0.2, -0.15) is 11.8 Å². The van der Waals surface area contributed by atoms with E-state index in [1.807, 2.05) is 11.8 Å². The van der Waals surface area contributed by atoms with Crippen molar-refractivity contribution < 1.29 is 0 Å². The molecule has 0 aromatic heterocycles. The van der Waals surface area contributed by atoms with E-state index in [0.29, 0.717) is 5.25 Å². The van der Waals surface area contributed by atoms with Crippen molar-refractivity contribution in [2.24, 2.45) is 11.7 Å². The molecule has 16 heavy (non-hydrogen) atoms. The molecule has 0 spiro atoms. The van der Waals surface area contributed by atoms with Crippen LogP contribution >= 0.6 is 11.8 Å². The van der Waals surface area contributed by atoms with Crippen molar-refractivity contribution >= 4 is 11.8 Å². The van der Waals surface area contributed by atoms with Gasteiger partial charge in [0.15, 0.2) is 0 Å². The Labute approximate surface area is 104 Å². The lowest BCUT2D eigenvalue weighted by molar-refractivity contribution is 0.702. The van der Waals surface area contributed by atoms with E-state index in [2.05, 4.69) is 52.0 Å². The van der Waals surface area contributed by atoms with E-state index < -0.39 is 0 Å². The summed E-state index contributed by atoms with van der Waals surface area (Å²) in [7, 11) is 0. The quantitative estimate of drug-likeness (QED) is 0.843. The Morgan fingerprint density at radius 2 is 1.69 bits per heavy atom. The molecular formula is C14H23NS. The molecule has 90 valence electrons. The maximum absolute atomic E-state index is 6.25. The van der Waals surface area contributed by atoms with Gasteiger partial charge < -0.3 is 5.73 Å². The van der Waals surface area contributed by atoms with Crippen molar-refractivity contribution in [3.63, 3.8) is 0 Å². The predicted octanol–water partition coefficient (Wildman–Crippen LogP) is 3.77. The largest absolute Gasteiger partial charge is 0.323 e. The van der Waals surface area contributed by atoms with Gasteiger partial charge in [-0.05, 0) is 24.2 Å². The summed E-state index contributed by atoms with van der Waals surface area (Å²) in [4.78, 5) is 0. The Bertz CT molecular complexity index is 305. The van der Waals surface area contributed by atoms with Gasteiger partial charge in [0, 0.05) is 11.3 Å². The summed E-state index contributed by atoms with van der Waals surface area (Å²) in [5.74, 6) is 1.92. The third-order valence-electron chi connectivity index (χ3n) is 2.66. The fraction of sp³-hybridized carbons (Fsp3) is 0.571. The monoisotopic (exact) mass is 237 g/mol. The van der Waals surface area contributed by atoms with Crippen LogP contribution in [0.2, 0.25) is 0 Å². The molecule has 1 nitrogen and oxygen atoms in total. The zero-order valence-corrected chi connectivity index (χ0v) is 11.6. The number of nitrogens with two attached hydrogens (primary N) is 1. The van der Waals surface area contributed by atoms with Crippen LogP contribution in [0.3, 0.4) is 0 Å². The number of rotatable bonds is 5. The van der Waals surface area contributed by atoms with Crippen molar-refractivity contribution in [1.29, 1.82) is 0 Å². The topological polar surface area (TPSA) is 26.0 Å². The molecule has 0 amide bonds. The lowest BCUT2D eigenvalue weighted by atomic mass is 10.0. The van der Waals surface area contributed by atoms with E-state index in [1.165, 1.54) is 16.9 Å². The number of aryl methyl sites for hydroxylation is 1. The Balaban J connectivity index is 2.56. The predicted molar refractivity (Wildman–Crippen MR) is 74.9 cm³/mol. The molecule has 0 aliphatic rings. The molecule has 2 atom stereocenters. The molecule has 0 aliphatic heterocycles. The number of hydrogen-bond donors (Lipinski definition) is 1. The van der Waals surface area contributed by atoms with Crippen LogP contribution in [0.5, 0.6) is 0 Å². The summed E-state index contributed by atoms with van der Waals surface area (Å²) < 4.78 is 0. The van der Waals surface area contributed by atoms with Gasteiger partial charge in [0.2, 0.25) is 0 Å². The Hall–Kier alpha value is -0.470. The fourth-order valence-corrected chi connectivity index (χ4v) is 2.56. The molecule has 2 unspecified atom stereocenters. The molecule has 0 bridgehead atoms. The van der Waals surface area contributed by atoms with E-state index in [4.69, 9.17) is 5.73 Å². The van der Waals surface area contributed by atoms with Crippen LogP contribution in [0.4, 0.5) is 0 Å². The van der Waals surface area contributed by atoms with Gasteiger partial charge in [-0.1, -0.05) is 50.6 Å². The van der Waals surface area contributed by atoms with Gasteiger partial charge in [-0.15, -0.1) is 0 Å². The minimum absolute atomic E-state index is 0.143. The van der Waals surface area contributed by atoms with Crippen molar-refractivity contribution in [2.45, 2.75) is 39.0 Å². The fourth-order valence-electron chi connectivity index (χ4n) is 1.51. The van der Waals surface area contributed by atoms with Gasteiger partial charge in [0.25, 0.3) is 0 Å². The standard InChI is InChI=1S/C14H23NS/c1-10(2)9-16-12(4)14(15)13-7-5-11(3)6-8-13/h5-8,10,12,14H,9,15H2,1-4H3. The van der Waals surface area contributed by atoms with E-state index in [1.54, 1.807) is 0 Å². The molecule has 1 rings (SSSR count). The van der Waals surface area contributed by atoms with Gasteiger partial charge in [-0.25, -0.2) is 0 Å². The lowest BCUT2D eigenvalue weighted by Gasteiger charge is -2.20. The van der Waals surface area contributed by atoms with Crippen LogP contribution in [0, 0.1) is 12.8 Å². The second-order valence-corrected chi connectivity index (χ2v) is 6.28. The van der Waals surface area contributed by atoms with Crippen molar-refractivity contribution in [1.82, 2.24) is 0 Å². The molecular weight excluding hydrogens is 214 g/mol. The van der Waals surface area contributed by atoms with Crippen molar-refractivity contribution in [3.8, 4) is 0 Å². The molecule has 2 N–H and O–H groups in total. The van der Waals surface area contributed by atoms with Crippen LogP contribution in [-0.4, -0.2) is 11.0 Å². The molecule has 0 saturated carbocycles. The Morgan fingerprint density at radius 1 is 1.12 bits per heavy atom. The molecule has 0 aliphatic carbocycles. The van der Waals surface area contributed by atoms with Crippen LogP contribution in [-0.2, 0) is 0 Å². The van der Waals surface area contributed by atoms with Crippen LogP contribution in [0.25, 0.3) is 0 Å². The van der Waals surface area contributed by atoms with Crippen LogP contribution in [0.15, 0.2) is 24.3 Å². The third-order valence-corrected chi connectivity index (χ3v) is 4.34. The van der Waals surface area contributed by atoms with Gasteiger partial charge in [0.05, 0.1) is 0 Å². The minimum Gasteiger partial charge on any atom is -0.323 e. The summed E-state index contributed by atoms with van der Waals surface area (Å²) in [6.07, 6.45) is 0. The molecule has 0 saturated heterocycles. The highest BCUT2D eigenvalue weighted by Crippen LogP contribution is 2.25. The molecule has 2 heteroatoms. The Morgan fingerprint density at radius 3 is 2.19 bits per heavy atom. The SMILES string of the molecule is Cc1ccc(C(N)C(C)SCC(C)C)cc1.